The summed E-state index contributed by atoms with van der Waals surface area (Å²) in [4.78, 5) is 35.6. The van der Waals surface area contributed by atoms with Crippen LogP contribution in [0.2, 0.25) is 0 Å². The molecule has 0 fully saturated rings. The van der Waals surface area contributed by atoms with Crippen molar-refractivity contribution in [3.8, 4) is 0 Å². The van der Waals surface area contributed by atoms with E-state index in [-0.39, 0.29) is 0 Å². The molecule has 6 nitrogen and oxygen atoms in total. The topological polar surface area (TPSA) is 59.1 Å². The van der Waals surface area contributed by atoms with Gasteiger partial charge in [0, 0.05) is 26.2 Å². The molecule has 0 aliphatic heterocycles. The van der Waals surface area contributed by atoms with Crippen LogP contribution in [0.15, 0.2) is 24.3 Å². The van der Waals surface area contributed by atoms with Crippen molar-refractivity contribution in [3.63, 3.8) is 0 Å². The normalized spacial score (nSPS) is 11.0. The molecule has 0 saturated heterocycles. The SMILES string of the molecule is CCCN(CCC)OC(=O)c1cccc(C(=O)ON(CCC)CCC)c1. The Morgan fingerprint density at radius 3 is 1.38 bits per heavy atom. The summed E-state index contributed by atoms with van der Waals surface area (Å²) in [5.41, 5.74) is 0.684. The molecule has 1 aromatic carbocycles. The summed E-state index contributed by atoms with van der Waals surface area (Å²) >= 11 is 0. The maximum Gasteiger partial charge on any atom is 0.357 e. The van der Waals surface area contributed by atoms with E-state index in [1.165, 1.54) is 6.07 Å². The number of benzene rings is 1. The minimum Gasteiger partial charge on any atom is -0.364 e. The van der Waals surface area contributed by atoms with E-state index < -0.39 is 11.9 Å². The highest BCUT2D eigenvalue weighted by atomic mass is 16.7. The second kappa shape index (κ2) is 12.4. The van der Waals surface area contributed by atoms with E-state index >= 15 is 0 Å². The summed E-state index contributed by atoms with van der Waals surface area (Å²) < 4.78 is 0. The van der Waals surface area contributed by atoms with Crippen LogP contribution < -0.4 is 0 Å². The molecule has 0 atom stereocenters. The van der Waals surface area contributed by atoms with Gasteiger partial charge in [-0.2, -0.15) is 0 Å². The molecule has 0 radical (unpaired) electrons. The first-order valence-electron chi connectivity index (χ1n) is 9.60. The van der Waals surface area contributed by atoms with Gasteiger partial charge in [-0.25, -0.2) is 9.59 Å². The molecule has 6 heteroatoms. The highest BCUT2D eigenvalue weighted by Gasteiger charge is 2.17. The van der Waals surface area contributed by atoms with Gasteiger partial charge in [-0.3, -0.25) is 0 Å². The van der Waals surface area contributed by atoms with Gasteiger partial charge < -0.3 is 9.68 Å². The summed E-state index contributed by atoms with van der Waals surface area (Å²) in [6.07, 6.45) is 3.57. The fourth-order valence-corrected chi connectivity index (χ4v) is 2.52. The van der Waals surface area contributed by atoms with E-state index in [1.54, 1.807) is 28.3 Å². The number of hydrogen-bond donors (Lipinski definition) is 0. The van der Waals surface area contributed by atoms with Gasteiger partial charge in [0.05, 0.1) is 11.1 Å². The quantitative estimate of drug-likeness (QED) is 0.521. The van der Waals surface area contributed by atoms with E-state index in [9.17, 15) is 9.59 Å². The predicted molar refractivity (Wildman–Crippen MR) is 102 cm³/mol. The van der Waals surface area contributed by atoms with Crippen LogP contribution in [0.5, 0.6) is 0 Å². The Bertz CT molecular complexity index is 505. The van der Waals surface area contributed by atoms with Gasteiger partial charge in [-0.1, -0.05) is 33.8 Å². The molecular formula is C20H32N2O4. The lowest BCUT2D eigenvalue weighted by Crippen LogP contribution is -2.30. The maximum atomic E-state index is 12.4. The first-order valence-corrected chi connectivity index (χ1v) is 9.60. The molecule has 0 N–H and O–H groups in total. The minimum absolute atomic E-state index is 0.342. The third kappa shape index (κ3) is 7.54. The number of nitrogens with zero attached hydrogens (tertiary/aromatic N) is 2. The second-order valence-corrected chi connectivity index (χ2v) is 6.20. The van der Waals surface area contributed by atoms with E-state index in [2.05, 4.69) is 0 Å². The summed E-state index contributed by atoms with van der Waals surface area (Å²) in [7, 11) is 0. The van der Waals surface area contributed by atoms with Crippen molar-refractivity contribution in [2.75, 3.05) is 26.2 Å². The summed E-state index contributed by atoms with van der Waals surface area (Å²) in [5, 5.41) is 3.33. The van der Waals surface area contributed by atoms with Crippen molar-refractivity contribution in [2.24, 2.45) is 0 Å². The average Bonchev–Trinajstić information content (AvgIpc) is 2.62. The molecule has 0 bridgehead atoms. The second-order valence-electron chi connectivity index (χ2n) is 6.20. The van der Waals surface area contributed by atoms with E-state index in [0.29, 0.717) is 37.3 Å². The molecule has 0 aliphatic carbocycles. The zero-order valence-electron chi connectivity index (χ0n) is 16.5. The van der Waals surface area contributed by atoms with Crippen molar-refractivity contribution in [2.45, 2.75) is 53.4 Å². The monoisotopic (exact) mass is 364 g/mol. The molecular weight excluding hydrogens is 332 g/mol. The van der Waals surface area contributed by atoms with E-state index in [0.717, 1.165) is 25.7 Å². The standard InChI is InChI=1S/C20H32N2O4/c1-5-12-21(13-6-2)25-19(23)17-10-9-11-18(16-17)20(24)26-22(14-7-3)15-8-4/h9-11,16H,5-8,12-15H2,1-4H3. The zero-order chi connectivity index (χ0) is 19.4. The van der Waals surface area contributed by atoms with Crippen molar-refractivity contribution < 1.29 is 19.3 Å². The number of carbonyl (C=O) groups excluding carboxylic acids is 2. The van der Waals surface area contributed by atoms with Crippen LogP contribution in [0.3, 0.4) is 0 Å². The van der Waals surface area contributed by atoms with E-state index in [4.69, 9.17) is 9.68 Å². The first kappa shape index (κ1) is 22.1. The average molecular weight is 364 g/mol. The van der Waals surface area contributed by atoms with Crippen LogP contribution in [-0.4, -0.2) is 48.2 Å². The Kier molecular flexibility index (Phi) is 10.6. The van der Waals surface area contributed by atoms with Gasteiger partial charge in [0.15, 0.2) is 0 Å². The summed E-state index contributed by atoms with van der Waals surface area (Å²) in [5.74, 6) is -0.916. The Balaban J connectivity index is 2.79. The third-order valence-corrected chi connectivity index (χ3v) is 3.65. The van der Waals surface area contributed by atoms with Gasteiger partial charge >= 0.3 is 11.9 Å². The van der Waals surface area contributed by atoms with Crippen molar-refractivity contribution in [3.05, 3.63) is 35.4 Å². The zero-order valence-corrected chi connectivity index (χ0v) is 16.5. The Labute approximate surface area is 157 Å². The van der Waals surface area contributed by atoms with Crippen LogP contribution in [0, 0.1) is 0 Å². The first-order chi connectivity index (χ1) is 12.5. The molecule has 1 aromatic rings. The van der Waals surface area contributed by atoms with Gasteiger partial charge in [0.25, 0.3) is 0 Å². The lowest BCUT2D eigenvalue weighted by atomic mass is 10.1. The lowest BCUT2D eigenvalue weighted by Gasteiger charge is -2.20. The van der Waals surface area contributed by atoms with Gasteiger partial charge in [-0.05, 0) is 43.9 Å². The predicted octanol–water partition coefficient (Wildman–Crippen LogP) is 4.07. The van der Waals surface area contributed by atoms with Crippen molar-refractivity contribution in [1.82, 2.24) is 10.1 Å². The molecule has 0 amide bonds. The molecule has 146 valence electrons. The van der Waals surface area contributed by atoms with Crippen LogP contribution in [0.4, 0.5) is 0 Å². The molecule has 0 heterocycles. The Morgan fingerprint density at radius 1 is 0.731 bits per heavy atom. The molecule has 0 spiro atoms. The molecule has 0 aromatic heterocycles. The molecule has 0 unspecified atom stereocenters. The fourth-order valence-electron chi connectivity index (χ4n) is 2.52. The largest absolute Gasteiger partial charge is 0.364 e. The van der Waals surface area contributed by atoms with Crippen LogP contribution in [-0.2, 0) is 9.68 Å². The summed E-state index contributed by atoms with van der Waals surface area (Å²) in [6, 6.07) is 6.48. The lowest BCUT2D eigenvalue weighted by molar-refractivity contribution is -0.109. The van der Waals surface area contributed by atoms with Gasteiger partial charge in [0.2, 0.25) is 0 Å². The van der Waals surface area contributed by atoms with Gasteiger partial charge in [-0.15, -0.1) is 10.1 Å². The third-order valence-electron chi connectivity index (χ3n) is 3.65. The minimum atomic E-state index is -0.458. The molecule has 1 rings (SSSR count). The highest BCUT2D eigenvalue weighted by molar-refractivity contribution is 5.95. The van der Waals surface area contributed by atoms with Gasteiger partial charge in [0.1, 0.15) is 0 Å². The number of carbonyl (C=O) groups is 2. The smallest absolute Gasteiger partial charge is 0.357 e. The highest BCUT2D eigenvalue weighted by Crippen LogP contribution is 2.11. The van der Waals surface area contributed by atoms with Crippen LogP contribution >= 0.6 is 0 Å². The van der Waals surface area contributed by atoms with Crippen molar-refractivity contribution in [1.29, 1.82) is 0 Å². The Hall–Kier alpha value is -1.92. The maximum absolute atomic E-state index is 12.4. The summed E-state index contributed by atoms with van der Waals surface area (Å²) in [6.45, 7) is 10.9. The van der Waals surface area contributed by atoms with Crippen molar-refractivity contribution >= 4 is 11.9 Å². The fraction of sp³-hybridized carbons (Fsp3) is 0.600. The number of hydroxylamine groups is 4. The molecule has 0 saturated carbocycles. The number of hydrogen-bond acceptors (Lipinski definition) is 6. The molecule has 0 aliphatic rings. The number of rotatable bonds is 12. The van der Waals surface area contributed by atoms with Crippen LogP contribution in [0.1, 0.15) is 74.1 Å². The van der Waals surface area contributed by atoms with E-state index in [1.807, 2.05) is 27.7 Å². The molecule has 26 heavy (non-hydrogen) atoms. The van der Waals surface area contributed by atoms with Crippen LogP contribution in [0.25, 0.3) is 0 Å². The Morgan fingerprint density at radius 2 is 1.08 bits per heavy atom.